The summed E-state index contributed by atoms with van der Waals surface area (Å²) < 4.78 is 4.89. The zero-order chi connectivity index (χ0) is 22.8. The second kappa shape index (κ2) is 12.7. The SMILES string of the molecule is COCCNC(=O)CNc1c(Cl)cc(CCN[C@@H](C)[C@H](O)c2ccc(O)cc2)cc1Cl. The van der Waals surface area contributed by atoms with Gasteiger partial charge in [-0.3, -0.25) is 4.79 Å². The van der Waals surface area contributed by atoms with E-state index in [9.17, 15) is 15.0 Å². The van der Waals surface area contributed by atoms with Crippen LogP contribution >= 0.6 is 23.2 Å². The molecule has 2 aromatic rings. The van der Waals surface area contributed by atoms with E-state index >= 15 is 0 Å². The lowest BCUT2D eigenvalue weighted by molar-refractivity contribution is -0.119. The van der Waals surface area contributed by atoms with E-state index < -0.39 is 6.10 Å². The van der Waals surface area contributed by atoms with Crippen molar-refractivity contribution in [3.05, 3.63) is 57.6 Å². The first-order valence-corrected chi connectivity index (χ1v) is 10.7. The first-order valence-electron chi connectivity index (χ1n) is 9.99. The zero-order valence-corrected chi connectivity index (χ0v) is 19.1. The van der Waals surface area contributed by atoms with Gasteiger partial charge in [0.25, 0.3) is 0 Å². The van der Waals surface area contributed by atoms with Crippen molar-refractivity contribution >= 4 is 34.8 Å². The molecule has 1 amide bonds. The second-order valence-electron chi connectivity index (χ2n) is 7.16. The Morgan fingerprint density at radius 2 is 1.77 bits per heavy atom. The highest BCUT2D eigenvalue weighted by molar-refractivity contribution is 6.39. The average molecular weight is 470 g/mol. The van der Waals surface area contributed by atoms with Crippen molar-refractivity contribution in [3.8, 4) is 5.75 Å². The Kier molecular flexibility index (Phi) is 10.4. The number of carbonyl (C=O) groups is 1. The zero-order valence-electron chi connectivity index (χ0n) is 17.6. The molecule has 2 rings (SSSR count). The fourth-order valence-corrected chi connectivity index (χ4v) is 3.64. The summed E-state index contributed by atoms with van der Waals surface area (Å²) in [5.74, 6) is -0.0198. The van der Waals surface area contributed by atoms with Gasteiger partial charge in [0.2, 0.25) is 5.91 Å². The molecule has 0 radical (unpaired) electrons. The summed E-state index contributed by atoms with van der Waals surface area (Å²) in [5.41, 5.74) is 2.17. The number of rotatable bonds is 12. The molecule has 5 N–H and O–H groups in total. The van der Waals surface area contributed by atoms with Gasteiger partial charge in [-0.2, -0.15) is 0 Å². The van der Waals surface area contributed by atoms with Crippen LogP contribution in [-0.4, -0.2) is 55.5 Å². The van der Waals surface area contributed by atoms with E-state index in [1.54, 1.807) is 43.5 Å². The summed E-state index contributed by atoms with van der Waals surface area (Å²) in [6.45, 7) is 3.43. The number of carbonyl (C=O) groups excluding carboxylic acids is 1. The Hall–Kier alpha value is -2.03. The van der Waals surface area contributed by atoms with Gasteiger partial charge >= 0.3 is 0 Å². The van der Waals surface area contributed by atoms with Gasteiger partial charge in [-0.1, -0.05) is 35.3 Å². The van der Waals surface area contributed by atoms with Crippen LogP contribution in [-0.2, 0) is 16.0 Å². The maximum Gasteiger partial charge on any atom is 0.239 e. The molecule has 0 aliphatic rings. The third kappa shape index (κ3) is 8.20. The summed E-state index contributed by atoms with van der Waals surface area (Å²) in [5, 5.41) is 29.6. The van der Waals surface area contributed by atoms with Gasteiger partial charge < -0.3 is 30.9 Å². The van der Waals surface area contributed by atoms with Crippen molar-refractivity contribution in [2.24, 2.45) is 0 Å². The van der Waals surface area contributed by atoms with Crippen molar-refractivity contribution in [2.75, 3.05) is 38.7 Å². The lowest BCUT2D eigenvalue weighted by atomic mass is 10.0. The van der Waals surface area contributed by atoms with Gasteiger partial charge in [-0.25, -0.2) is 0 Å². The van der Waals surface area contributed by atoms with Crippen LogP contribution in [0.15, 0.2) is 36.4 Å². The van der Waals surface area contributed by atoms with Crippen LogP contribution in [0.25, 0.3) is 0 Å². The predicted octanol–water partition coefficient (Wildman–Crippen LogP) is 3.13. The summed E-state index contributed by atoms with van der Waals surface area (Å²) >= 11 is 12.7. The number of aromatic hydroxyl groups is 1. The van der Waals surface area contributed by atoms with Crippen LogP contribution in [0.3, 0.4) is 0 Å². The minimum absolute atomic E-state index is 0.0523. The molecule has 2 aromatic carbocycles. The number of hydrogen-bond donors (Lipinski definition) is 5. The Bertz CT molecular complexity index is 826. The van der Waals surface area contributed by atoms with Crippen molar-refractivity contribution in [3.63, 3.8) is 0 Å². The van der Waals surface area contributed by atoms with E-state index in [1.165, 1.54) is 0 Å². The molecule has 2 atom stereocenters. The number of phenols is 1. The molecule has 170 valence electrons. The first kappa shape index (κ1) is 25.2. The number of methoxy groups -OCH3 is 1. The molecule has 0 saturated heterocycles. The maximum atomic E-state index is 11.8. The quantitative estimate of drug-likeness (QED) is 0.306. The number of aliphatic hydroxyl groups is 1. The molecule has 7 nitrogen and oxygen atoms in total. The number of phenolic OH excluding ortho intramolecular Hbond substituents is 1. The molecule has 0 heterocycles. The number of benzene rings is 2. The molecule has 0 aromatic heterocycles. The number of ether oxygens (including phenoxy) is 1. The van der Waals surface area contributed by atoms with Gasteiger partial charge in [0.05, 0.1) is 35.0 Å². The minimum atomic E-state index is -0.700. The Balaban J connectivity index is 1.84. The van der Waals surface area contributed by atoms with Gasteiger partial charge in [0.15, 0.2) is 0 Å². The van der Waals surface area contributed by atoms with Crippen LogP contribution in [0.4, 0.5) is 5.69 Å². The van der Waals surface area contributed by atoms with Crippen LogP contribution in [0, 0.1) is 0 Å². The van der Waals surface area contributed by atoms with Crippen molar-refractivity contribution in [1.82, 2.24) is 10.6 Å². The lowest BCUT2D eigenvalue weighted by Gasteiger charge is -2.21. The third-order valence-corrected chi connectivity index (χ3v) is 5.34. The lowest BCUT2D eigenvalue weighted by Crippen LogP contribution is -2.33. The standard InChI is InChI=1S/C22H29Cl2N3O4/c1-14(22(30)16-3-5-17(28)6-4-16)25-8-7-15-11-18(23)21(19(24)12-15)27-13-20(29)26-9-10-31-2/h3-6,11-12,14,22,25,27-28,30H,7-10,13H2,1-2H3,(H,26,29)/t14-,22-/m0/s1. The first-order chi connectivity index (χ1) is 14.8. The highest BCUT2D eigenvalue weighted by Gasteiger charge is 2.16. The van der Waals surface area contributed by atoms with E-state index in [-0.39, 0.29) is 24.2 Å². The van der Waals surface area contributed by atoms with Crippen molar-refractivity contribution in [2.45, 2.75) is 25.5 Å². The van der Waals surface area contributed by atoms with Gasteiger partial charge in [0, 0.05) is 19.7 Å². The minimum Gasteiger partial charge on any atom is -0.508 e. The fourth-order valence-electron chi connectivity index (χ4n) is 2.98. The molecule has 0 spiro atoms. The molecule has 0 saturated carbocycles. The number of amides is 1. The highest BCUT2D eigenvalue weighted by Crippen LogP contribution is 2.32. The van der Waals surface area contributed by atoms with Gasteiger partial charge in [0.1, 0.15) is 5.75 Å². The van der Waals surface area contributed by atoms with E-state index in [0.29, 0.717) is 41.8 Å². The molecule has 9 heteroatoms. The second-order valence-corrected chi connectivity index (χ2v) is 7.97. The Morgan fingerprint density at radius 3 is 2.39 bits per heavy atom. The number of aliphatic hydroxyl groups excluding tert-OH is 1. The van der Waals surface area contributed by atoms with E-state index in [2.05, 4.69) is 16.0 Å². The third-order valence-electron chi connectivity index (χ3n) is 4.74. The summed E-state index contributed by atoms with van der Waals surface area (Å²) in [7, 11) is 1.57. The van der Waals surface area contributed by atoms with Crippen LogP contribution in [0.5, 0.6) is 5.75 Å². The van der Waals surface area contributed by atoms with Gasteiger partial charge in [-0.05, 0) is 55.3 Å². The molecule has 0 fully saturated rings. The maximum absolute atomic E-state index is 11.8. The van der Waals surface area contributed by atoms with E-state index in [4.69, 9.17) is 27.9 Å². The van der Waals surface area contributed by atoms with E-state index in [0.717, 1.165) is 11.1 Å². The fraction of sp³-hybridized carbons (Fsp3) is 0.409. The van der Waals surface area contributed by atoms with Crippen LogP contribution in [0.1, 0.15) is 24.2 Å². The molecule has 0 unspecified atom stereocenters. The molecule has 0 bridgehead atoms. The Morgan fingerprint density at radius 1 is 1.13 bits per heavy atom. The highest BCUT2D eigenvalue weighted by atomic mass is 35.5. The normalized spacial score (nSPS) is 12.9. The molecule has 0 aliphatic heterocycles. The smallest absolute Gasteiger partial charge is 0.239 e. The van der Waals surface area contributed by atoms with Crippen LogP contribution < -0.4 is 16.0 Å². The van der Waals surface area contributed by atoms with Crippen molar-refractivity contribution in [1.29, 1.82) is 0 Å². The van der Waals surface area contributed by atoms with Crippen LogP contribution in [0.2, 0.25) is 10.0 Å². The molecule has 31 heavy (non-hydrogen) atoms. The molecular weight excluding hydrogens is 441 g/mol. The van der Waals surface area contributed by atoms with Crippen molar-refractivity contribution < 1.29 is 19.7 Å². The summed E-state index contributed by atoms with van der Waals surface area (Å²) in [4.78, 5) is 11.8. The molecule has 0 aliphatic carbocycles. The summed E-state index contributed by atoms with van der Waals surface area (Å²) in [6, 6.07) is 9.92. The molecular formula is C22H29Cl2N3O4. The predicted molar refractivity (Wildman–Crippen MR) is 124 cm³/mol. The number of halogens is 2. The number of nitrogens with one attached hydrogen (secondary N) is 3. The number of anilines is 1. The topological polar surface area (TPSA) is 103 Å². The average Bonchev–Trinajstić information content (AvgIpc) is 2.73. The number of hydrogen-bond acceptors (Lipinski definition) is 6. The van der Waals surface area contributed by atoms with Gasteiger partial charge in [-0.15, -0.1) is 0 Å². The largest absolute Gasteiger partial charge is 0.508 e. The summed E-state index contributed by atoms with van der Waals surface area (Å²) in [6.07, 6.45) is -0.0430. The van der Waals surface area contributed by atoms with E-state index in [1.807, 2.05) is 6.92 Å². The Labute approximate surface area is 192 Å². The monoisotopic (exact) mass is 469 g/mol.